The van der Waals surface area contributed by atoms with Gasteiger partial charge < -0.3 is 9.47 Å². The van der Waals surface area contributed by atoms with Crippen molar-refractivity contribution in [3.8, 4) is 11.5 Å². The van der Waals surface area contributed by atoms with E-state index >= 15 is 0 Å². The largest absolute Gasteiger partial charge is 0.496 e. The topological polar surface area (TPSA) is 35.5 Å². The SMILES string of the molecule is COc1cccc2cc(C=O)cc(OC)c12. The van der Waals surface area contributed by atoms with Gasteiger partial charge in [0, 0.05) is 5.56 Å². The lowest BCUT2D eigenvalue weighted by Gasteiger charge is -2.10. The van der Waals surface area contributed by atoms with Gasteiger partial charge in [-0.3, -0.25) is 4.79 Å². The van der Waals surface area contributed by atoms with E-state index in [0.29, 0.717) is 11.3 Å². The van der Waals surface area contributed by atoms with Crippen LogP contribution in [0.3, 0.4) is 0 Å². The lowest BCUT2D eigenvalue weighted by atomic mass is 10.1. The summed E-state index contributed by atoms with van der Waals surface area (Å²) in [6.07, 6.45) is 0.807. The third-order valence-electron chi connectivity index (χ3n) is 2.50. The highest BCUT2D eigenvalue weighted by atomic mass is 16.5. The summed E-state index contributed by atoms with van der Waals surface area (Å²) < 4.78 is 10.5. The summed E-state index contributed by atoms with van der Waals surface area (Å²) in [6.45, 7) is 0. The molecule has 0 saturated heterocycles. The van der Waals surface area contributed by atoms with Gasteiger partial charge in [0.15, 0.2) is 0 Å². The van der Waals surface area contributed by atoms with Gasteiger partial charge in [-0.25, -0.2) is 0 Å². The fourth-order valence-corrected chi connectivity index (χ4v) is 1.78. The fourth-order valence-electron chi connectivity index (χ4n) is 1.78. The van der Waals surface area contributed by atoms with Crippen LogP contribution in [0.15, 0.2) is 30.3 Å². The quantitative estimate of drug-likeness (QED) is 0.740. The molecule has 0 N–H and O–H groups in total. The first-order chi connectivity index (χ1) is 7.80. The van der Waals surface area contributed by atoms with E-state index in [1.807, 2.05) is 24.3 Å². The van der Waals surface area contributed by atoms with Gasteiger partial charge >= 0.3 is 0 Å². The van der Waals surface area contributed by atoms with Crippen molar-refractivity contribution in [3.63, 3.8) is 0 Å². The van der Waals surface area contributed by atoms with E-state index in [1.54, 1.807) is 20.3 Å². The van der Waals surface area contributed by atoms with Crippen molar-refractivity contribution < 1.29 is 14.3 Å². The van der Waals surface area contributed by atoms with Crippen LogP contribution < -0.4 is 9.47 Å². The Kier molecular flexibility index (Phi) is 2.77. The number of hydrogen-bond acceptors (Lipinski definition) is 3. The molecule has 2 aromatic rings. The minimum atomic E-state index is 0.595. The molecule has 0 unspecified atom stereocenters. The molecule has 0 bridgehead atoms. The number of rotatable bonds is 3. The molecular formula is C13H12O3. The molecule has 0 atom stereocenters. The molecule has 82 valence electrons. The predicted molar refractivity (Wildman–Crippen MR) is 62.4 cm³/mol. The highest BCUT2D eigenvalue weighted by Gasteiger charge is 2.09. The predicted octanol–water partition coefficient (Wildman–Crippen LogP) is 2.67. The molecule has 0 aliphatic heterocycles. The van der Waals surface area contributed by atoms with Crippen LogP contribution in [-0.2, 0) is 0 Å². The number of carbonyl (C=O) groups is 1. The molecule has 3 heteroatoms. The maximum atomic E-state index is 10.8. The lowest BCUT2D eigenvalue weighted by molar-refractivity contribution is 0.112. The second-order valence-corrected chi connectivity index (χ2v) is 3.40. The van der Waals surface area contributed by atoms with Gasteiger partial charge in [-0.05, 0) is 23.6 Å². The van der Waals surface area contributed by atoms with Crippen LogP contribution in [0.25, 0.3) is 10.8 Å². The van der Waals surface area contributed by atoms with Gasteiger partial charge in [0.05, 0.1) is 19.6 Å². The lowest BCUT2D eigenvalue weighted by Crippen LogP contribution is -1.92. The first kappa shape index (κ1) is 10.5. The average Bonchev–Trinajstić information content (AvgIpc) is 2.36. The average molecular weight is 216 g/mol. The number of methoxy groups -OCH3 is 2. The van der Waals surface area contributed by atoms with E-state index in [4.69, 9.17) is 9.47 Å². The Bertz CT molecular complexity index is 532. The summed E-state index contributed by atoms with van der Waals surface area (Å²) in [7, 11) is 3.19. The van der Waals surface area contributed by atoms with Crippen molar-refractivity contribution >= 4 is 17.1 Å². The minimum Gasteiger partial charge on any atom is -0.496 e. The molecule has 0 saturated carbocycles. The normalized spacial score (nSPS) is 10.1. The zero-order valence-corrected chi connectivity index (χ0v) is 9.19. The van der Waals surface area contributed by atoms with Gasteiger partial charge in [0.2, 0.25) is 0 Å². The van der Waals surface area contributed by atoms with Crippen LogP contribution in [0.2, 0.25) is 0 Å². The van der Waals surface area contributed by atoms with Crippen molar-refractivity contribution in [3.05, 3.63) is 35.9 Å². The molecule has 0 aliphatic carbocycles. The Labute approximate surface area is 93.6 Å². The monoisotopic (exact) mass is 216 g/mol. The Morgan fingerprint density at radius 2 is 1.81 bits per heavy atom. The third-order valence-corrected chi connectivity index (χ3v) is 2.50. The molecule has 0 aromatic heterocycles. The summed E-state index contributed by atoms with van der Waals surface area (Å²) in [5.74, 6) is 1.39. The second kappa shape index (κ2) is 4.23. The van der Waals surface area contributed by atoms with E-state index in [2.05, 4.69) is 0 Å². The van der Waals surface area contributed by atoms with Gasteiger partial charge in [-0.15, -0.1) is 0 Å². The van der Waals surface area contributed by atoms with E-state index < -0.39 is 0 Å². The highest BCUT2D eigenvalue weighted by Crippen LogP contribution is 2.34. The number of benzene rings is 2. The van der Waals surface area contributed by atoms with Crippen LogP contribution in [0.4, 0.5) is 0 Å². The Balaban J connectivity index is 2.83. The van der Waals surface area contributed by atoms with E-state index in [9.17, 15) is 4.79 Å². The Morgan fingerprint density at radius 1 is 1.06 bits per heavy atom. The number of fused-ring (bicyclic) bond motifs is 1. The molecule has 3 nitrogen and oxygen atoms in total. The molecule has 2 rings (SSSR count). The summed E-state index contributed by atoms with van der Waals surface area (Å²) >= 11 is 0. The Morgan fingerprint density at radius 3 is 2.44 bits per heavy atom. The van der Waals surface area contributed by atoms with Crippen LogP contribution in [0.1, 0.15) is 10.4 Å². The zero-order chi connectivity index (χ0) is 11.5. The fraction of sp³-hybridized carbons (Fsp3) is 0.154. The number of ether oxygens (including phenoxy) is 2. The first-order valence-electron chi connectivity index (χ1n) is 4.90. The van der Waals surface area contributed by atoms with Crippen LogP contribution in [-0.4, -0.2) is 20.5 Å². The first-order valence-corrected chi connectivity index (χ1v) is 4.90. The molecule has 0 radical (unpaired) electrons. The molecule has 0 spiro atoms. The maximum Gasteiger partial charge on any atom is 0.150 e. The van der Waals surface area contributed by atoms with Crippen LogP contribution in [0.5, 0.6) is 11.5 Å². The van der Waals surface area contributed by atoms with E-state index in [1.165, 1.54) is 0 Å². The van der Waals surface area contributed by atoms with Crippen molar-refractivity contribution in [2.45, 2.75) is 0 Å². The highest BCUT2D eigenvalue weighted by molar-refractivity contribution is 5.97. The van der Waals surface area contributed by atoms with Crippen LogP contribution >= 0.6 is 0 Å². The minimum absolute atomic E-state index is 0.595. The smallest absolute Gasteiger partial charge is 0.150 e. The van der Waals surface area contributed by atoms with Crippen molar-refractivity contribution in [1.82, 2.24) is 0 Å². The van der Waals surface area contributed by atoms with Gasteiger partial charge in [-0.2, -0.15) is 0 Å². The van der Waals surface area contributed by atoms with E-state index in [0.717, 1.165) is 22.8 Å². The van der Waals surface area contributed by atoms with Gasteiger partial charge in [0.1, 0.15) is 17.8 Å². The molecule has 2 aromatic carbocycles. The van der Waals surface area contributed by atoms with Crippen molar-refractivity contribution in [2.75, 3.05) is 14.2 Å². The molecule has 0 fully saturated rings. The van der Waals surface area contributed by atoms with Gasteiger partial charge in [0.25, 0.3) is 0 Å². The zero-order valence-electron chi connectivity index (χ0n) is 9.19. The summed E-state index contributed by atoms with van der Waals surface area (Å²) in [5.41, 5.74) is 0.595. The summed E-state index contributed by atoms with van der Waals surface area (Å²) in [4.78, 5) is 10.8. The Hall–Kier alpha value is -2.03. The molecule has 16 heavy (non-hydrogen) atoms. The van der Waals surface area contributed by atoms with Crippen molar-refractivity contribution in [1.29, 1.82) is 0 Å². The van der Waals surface area contributed by atoms with Crippen molar-refractivity contribution in [2.24, 2.45) is 0 Å². The molecule has 0 amide bonds. The third kappa shape index (κ3) is 1.60. The number of carbonyl (C=O) groups excluding carboxylic acids is 1. The second-order valence-electron chi connectivity index (χ2n) is 3.40. The van der Waals surface area contributed by atoms with Crippen LogP contribution in [0, 0.1) is 0 Å². The van der Waals surface area contributed by atoms with E-state index in [-0.39, 0.29) is 0 Å². The number of hydrogen-bond donors (Lipinski definition) is 0. The molecule has 0 heterocycles. The molecule has 0 aliphatic rings. The summed E-state index contributed by atoms with van der Waals surface area (Å²) in [5, 5.41) is 1.82. The standard InChI is InChI=1S/C13H12O3/c1-15-11-5-3-4-10-6-9(8-14)7-12(16-2)13(10)11/h3-8H,1-2H3. The maximum absolute atomic E-state index is 10.8. The summed E-state index contributed by atoms with van der Waals surface area (Å²) in [6, 6.07) is 9.19. The van der Waals surface area contributed by atoms with Gasteiger partial charge in [-0.1, -0.05) is 12.1 Å². The molecular weight excluding hydrogens is 204 g/mol. The number of aldehydes is 1.